The summed E-state index contributed by atoms with van der Waals surface area (Å²) >= 11 is 0. The van der Waals surface area contributed by atoms with Crippen molar-refractivity contribution in [3.63, 3.8) is 0 Å². The molecule has 1 aliphatic rings. The van der Waals surface area contributed by atoms with Crippen molar-refractivity contribution in [3.8, 4) is 5.69 Å². The first-order valence-corrected chi connectivity index (χ1v) is 8.71. The van der Waals surface area contributed by atoms with Crippen LogP contribution in [0, 0.1) is 12.8 Å². The SMILES string of the molecule is Cc1ccnn1-c1ccc(C(=O)N[C@H]2CCCCC[C@H]2C(=O)O)cc1. The van der Waals surface area contributed by atoms with Crippen molar-refractivity contribution in [2.45, 2.75) is 45.1 Å². The summed E-state index contributed by atoms with van der Waals surface area (Å²) in [5.74, 6) is -1.55. The van der Waals surface area contributed by atoms with Gasteiger partial charge in [-0.3, -0.25) is 9.59 Å². The maximum atomic E-state index is 12.5. The van der Waals surface area contributed by atoms with Gasteiger partial charge in [0.05, 0.1) is 11.6 Å². The summed E-state index contributed by atoms with van der Waals surface area (Å²) in [6.45, 7) is 1.96. The van der Waals surface area contributed by atoms with Crippen LogP contribution in [0.2, 0.25) is 0 Å². The lowest BCUT2D eigenvalue weighted by molar-refractivity contribution is -0.142. The second-order valence-electron chi connectivity index (χ2n) is 6.59. The molecule has 0 saturated heterocycles. The average Bonchev–Trinajstić information content (AvgIpc) is 2.89. The third kappa shape index (κ3) is 3.90. The average molecular weight is 341 g/mol. The molecule has 0 bridgehead atoms. The number of carboxylic acid groups (broad SMARTS) is 1. The second-order valence-corrected chi connectivity index (χ2v) is 6.59. The number of aromatic nitrogens is 2. The van der Waals surface area contributed by atoms with E-state index in [1.54, 1.807) is 23.0 Å². The molecule has 1 aliphatic carbocycles. The zero-order valence-corrected chi connectivity index (χ0v) is 14.3. The molecule has 0 aliphatic heterocycles. The Kier molecular flexibility index (Phi) is 5.16. The van der Waals surface area contributed by atoms with Crippen molar-refractivity contribution in [2.75, 3.05) is 0 Å². The van der Waals surface area contributed by atoms with Gasteiger partial charge in [-0.2, -0.15) is 5.10 Å². The van der Waals surface area contributed by atoms with Crippen LogP contribution in [0.1, 0.15) is 48.2 Å². The highest BCUT2D eigenvalue weighted by Gasteiger charge is 2.30. The van der Waals surface area contributed by atoms with E-state index in [0.717, 1.165) is 30.6 Å². The normalized spacial score (nSPS) is 20.7. The molecule has 2 aromatic rings. The number of hydrogen-bond acceptors (Lipinski definition) is 3. The summed E-state index contributed by atoms with van der Waals surface area (Å²) in [6.07, 6.45) is 5.95. The third-order valence-electron chi connectivity index (χ3n) is 4.86. The van der Waals surface area contributed by atoms with E-state index in [0.29, 0.717) is 18.4 Å². The van der Waals surface area contributed by atoms with Crippen LogP contribution < -0.4 is 5.32 Å². The summed E-state index contributed by atoms with van der Waals surface area (Å²) in [5, 5.41) is 16.6. The van der Waals surface area contributed by atoms with E-state index < -0.39 is 11.9 Å². The van der Waals surface area contributed by atoms with Crippen molar-refractivity contribution >= 4 is 11.9 Å². The predicted octanol–water partition coefficient (Wildman–Crippen LogP) is 2.94. The lowest BCUT2D eigenvalue weighted by Crippen LogP contribution is -2.42. The van der Waals surface area contributed by atoms with E-state index in [1.807, 2.05) is 25.1 Å². The van der Waals surface area contributed by atoms with Crippen molar-refractivity contribution in [1.29, 1.82) is 0 Å². The monoisotopic (exact) mass is 341 g/mol. The van der Waals surface area contributed by atoms with E-state index in [-0.39, 0.29) is 11.9 Å². The maximum absolute atomic E-state index is 12.5. The van der Waals surface area contributed by atoms with Gasteiger partial charge in [0.25, 0.3) is 5.91 Å². The quantitative estimate of drug-likeness (QED) is 0.838. The number of rotatable bonds is 4. The van der Waals surface area contributed by atoms with Crippen LogP contribution in [0.25, 0.3) is 5.69 Å². The Bertz CT molecular complexity index is 752. The number of carboxylic acids is 1. The van der Waals surface area contributed by atoms with Gasteiger partial charge >= 0.3 is 5.97 Å². The van der Waals surface area contributed by atoms with Gasteiger partial charge in [-0.15, -0.1) is 0 Å². The number of nitrogens with one attached hydrogen (secondary N) is 1. The number of carbonyl (C=O) groups is 2. The molecule has 6 heteroatoms. The maximum Gasteiger partial charge on any atom is 0.308 e. The number of carbonyl (C=O) groups excluding carboxylic acids is 1. The number of nitrogens with zero attached hydrogens (tertiary/aromatic N) is 2. The molecule has 1 amide bonds. The van der Waals surface area contributed by atoms with Gasteiger partial charge < -0.3 is 10.4 Å². The Balaban J connectivity index is 1.72. The minimum atomic E-state index is -0.822. The van der Waals surface area contributed by atoms with E-state index >= 15 is 0 Å². The first-order valence-electron chi connectivity index (χ1n) is 8.71. The van der Waals surface area contributed by atoms with Gasteiger partial charge in [-0.05, 0) is 50.1 Å². The Morgan fingerprint density at radius 2 is 1.84 bits per heavy atom. The van der Waals surface area contributed by atoms with Crippen molar-refractivity contribution < 1.29 is 14.7 Å². The topological polar surface area (TPSA) is 84.2 Å². The fourth-order valence-corrected chi connectivity index (χ4v) is 3.42. The first-order chi connectivity index (χ1) is 12.1. The Morgan fingerprint density at radius 1 is 1.12 bits per heavy atom. The van der Waals surface area contributed by atoms with Crippen LogP contribution in [-0.2, 0) is 4.79 Å². The lowest BCUT2D eigenvalue weighted by atomic mass is 9.94. The lowest BCUT2D eigenvalue weighted by Gasteiger charge is -2.23. The molecule has 2 N–H and O–H groups in total. The molecule has 1 aromatic heterocycles. The van der Waals surface area contributed by atoms with Gasteiger partial charge in [-0.1, -0.05) is 19.3 Å². The van der Waals surface area contributed by atoms with Crippen LogP contribution in [0.5, 0.6) is 0 Å². The van der Waals surface area contributed by atoms with Crippen molar-refractivity contribution in [2.24, 2.45) is 5.92 Å². The van der Waals surface area contributed by atoms with Crippen LogP contribution in [0.15, 0.2) is 36.5 Å². The summed E-state index contributed by atoms with van der Waals surface area (Å²) in [5.41, 5.74) is 2.43. The minimum absolute atomic E-state index is 0.220. The molecule has 2 atom stereocenters. The number of aliphatic carboxylic acids is 1. The molecule has 0 unspecified atom stereocenters. The Labute approximate surface area is 146 Å². The van der Waals surface area contributed by atoms with Gasteiger partial charge in [0.1, 0.15) is 0 Å². The number of aryl methyl sites for hydroxylation is 1. The fraction of sp³-hybridized carbons (Fsp3) is 0.421. The van der Waals surface area contributed by atoms with E-state index in [2.05, 4.69) is 10.4 Å². The zero-order chi connectivity index (χ0) is 17.8. The minimum Gasteiger partial charge on any atom is -0.481 e. The third-order valence-corrected chi connectivity index (χ3v) is 4.86. The van der Waals surface area contributed by atoms with Crippen molar-refractivity contribution in [3.05, 3.63) is 47.8 Å². The Hall–Kier alpha value is -2.63. The van der Waals surface area contributed by atoms with Crippen LogP contribution in [0.3, 0.4) is 0 Å². The smallest absolute Gasteiger partial charge is 0.308 e. The molecule has 132 valence electrons. The molecular formula is C19H23N3O3. The molecule has 6 nitrogen and oxygen atoms in total. The van der Waals surface area contributed by atoms with Gasteiger partial charge in [0.15, 0.2) is 0 Å². The van der Waals surface area contributed by atoms with Crippen molar-refractivity contribution in [1.82, 2.24) is 15.1 Å². The van der Waals surface area contributed by atoms with E-state index in [1.165, 1.54) is 0 Å². The van der Waals surface area contributed by atoms with Gasteiger partial charge in [0.2, 0.25) is 0 Å². The molecule has 0 radical (unpaired) electrons. The Morgan fingerprint density at radius 3 is 2.48 bits per heavy atom. The highest BCUT2D eigenvalue weighted by atomic mass is 16.4. The van der Waals surface area contributed by atoms with E-state index in [9.17, 15) is 14.7 Å². The van der Waals surface area contributed by atoms with Gasteiger partial charge in [-0.25, -0.2) is 4.68 Å². The van der Waals surface area contributed by atoms with Crippen LogP contribution >= 0.6 is 0 Å². The standard InChI is InChI=1S/C19H23N3O3/c1-13-11-12-20-22(13)15-9-7-14(8-10-15)18(23)21-17-6-4-2-3-5-16(17)19(24)25/h7-12,16-17H,2-6H2,1H3,(H,21,23)(H,24,25)/t16-,17+/m1/s1. The molecule has 3 rings (SSSR count). The summed E-state index contributed by atoms with van der Waals surface area (Å²) in [4.78, 5) is 24.0. The first kappa shape index (κ1) is 17.2. The zero-order valence-electron chi connectivity index (χ0n) is 14.3. The van der Waals surface area contributed by atoms with Crippen LogP contribution in [-0.4, -0.2) is 32.8 Å². The molecule has 1 heterocycles. The molecule has 1 fully saturated rings. The number of benzene rings is 1. The summed E-state index contributed by atoms with van der Waals surface area (Å²) < 4.78 is 1.80. The predicted molar refractivity (Wildman–Crippen MR) is 93.8 cm³/mol. The van der Waals surface area contributed by atoms with Gasteiger partial charge in [0, 0.05) is 23.5 Å². The summed E-state index contributed by atoms with van der Waals surface area (Å²) in [6, 6.07) is 8.79. The summed E-state index contributed by atoms with van der Waals surface area (Å²) in [7, 11) is 0. The molecule has 25 heavy (non-hydrogen) atoms. The number of amides is 1. The fourth-order valence-electron chi connectivity index (χ4n) is 3.42. The van der Waals surface area contributed by atoms with E-state index in [4.69, 9.17) is 0 Å². The molecule has 0 spiro atoms. The molecule has 1 aromatic carbocycles. The van der Waals surface area contributed by atoms with Crippen LogP contribution in [0.4, 0.5) is 0 Å². The number of hydrogen-bond donors (Lipinski definition) is 2. The largest absolute Gasteiger partial charge is 0.481 e. The molecule has 1 saturated carbocycles. The highest BCUT2D eigenvalue weighted by Crippen LogP contribution is 2.24. The highest BCUT2D eigenvalue weighted by molar-refractivity contribution is 5.94. The molecular weight excluding hydrogens is 318 g/mol. The second kappa shape index (κ2) is 7.51.